The SMILES string of the molecule is O=[N+]([O-])c1cc(-c2n[nH]c(COc3cccc(Cl)c3Cl)n2)ccc1Cl. The van der Waals surface area contributed by atoms with Crippen LogP contribution in [-0.4, -0.2) is 20.1 Å². The van der Waals surface area contributed by atoms with Gasteiger partial charge in [0.2, 0.25) is 0 Å². The second-order valence-corrected chi connectivity index (χ2v) is 6.06. The zero-order chi connectivity index (χ0) is 18.0. The summed E-state index contributed by atoms with van der Waals surface area (Å²) < 4.78 is 5.55. The standard InChI is InChI=1S/C15H9Cl3N4O3/c16-9-5-4-8(6-11(9)22(23)24)15-19-13(20-21-15)7-25-12-3-1-2-10(17)14(12)18/h1-6H,7H2,(H,19,20,21). The van der Waals surface area contributed by atoms with Gasteiger partial charge in [-0.2, -0.15) is 5.10 Å². The number of aromatic amines is 1. The number of hydrogen-bond donors (Lipinski definition) is 1. The third-order valence-electron chi connectivity index (χ3n) is 3.21. The van der Waals surface area contributed by atoms with Crippen LogP contribution in [0.15, 0.2) is 36.4 Å². The van der Waals surface area contributed by atoms with E-state index in [0.717, 1.165) is 0 Å². The van der Waals surface area contributed by atoms with Crippen LogP contribution >= 0.6 is 34.8 Å². The monoisotopic (exact) mass is 398 g/mol. The first-order valence-corrected chi connectivity index (χ1v) is 8.01. The highest BCUT2D eigenvalue weighted by Gasteiger charge is 2.16. The van der Waals surface area contributed by atoms with Crippen molar-refractivity contribution in [3.63, 3.8) is 0 Å². The van der Waals surface area contributed by atoms with E-state index in [1.807, 2.05) is 0 Å². The molecule has 0 unspecified atom stereocenters. The molecule has 0 spiro atoms. The molecular formula is C15H9Cl3N4O3. The molecule has 3 rings (SSSR count). The maximum absolute atomic E-state index is 11.0. The smallest absolute Gasteiger partial charge is 0.288 e. The molecule has 0 radical (unpaired) electrons. The minimum Gasteiger partial charge on any atom is -0.484 e. The van der Waals surface area contributed by atoms with Gasteiger partial charge in [0, 0.05) is 11.6 Å². The molecule has 0 aliphatic heterocycles. The topological polar surface area (TPSA) is 93.9 Å². The Hall–Kier alpha value is -2.35. The van der Waals surface area contributed by atoms with Gasteiger partial charge in [0.05, 0.1) is 9.95 Å². The molecule has 7 nitrogen and oxygen atoms in total. The van der Waals surface area contributed by atoms with Crippen LogP contribution < -0.4 is 4.74 Å². The van der Waals surface area contributed by atoms with Crippen molar-refractivity contribution < 1.29 is 9.66 Å². The van der Waals surface area contributed by atoms with Crippen molar-refractivity contribution in [3.05, 3.63) is 67.4 Å². The molecular weight excluding hydrogens is 391 g/mol. The zero-order valence-electron chi connectivity index (χ0n) is 12.4. The van der Waals surface area contributed by atoms with E-state index in [1.54, 1.807) is 24.3 Å². The number of H-pyrrole nitrogens is 1. The fourth-order valence-corrected chi connectivity index (χ4v) is 2.56. The van der Waals surface area contributed by atoms with Gasteiger partial charge in [-0.3, -0.25) is 15.2 Å². The number of nitrogens with one attached hydrogen (secondary N) is 1. The summed E-state index contributed by atoms with van der Waals surface area (Å²) in [6.07, 6.45) is 0. The minimum atomic E-state index is -0.566. The highest BCUT2D eigenvalue weighted by molar-refractivity contribution is 6.42. The third kappa shape index (κ3) is 3.84. The maximum atomic E-state index is 11.0. The third-order valence-corrected chi connectivity index (χ3v) is 4.33. The van der Waals surface area contributed by atoms with E-state index < -0.39 is 4.92 Å². The Balaban J connectivity index is 1.78. The van der Waals surface area contributed by atoms with E-state index in [0.29, 0.717) is 27.2 Å². The van der Waals surface area contributed by atoms with Crippen molar-refractivity contribution in [2.75, 3.05) is 0 Å². The number of benzene rings is 2. The van der Waals surface area contributed by atoms with Crippen LogP contribution in [0.5, 0.6) is 5.75 Å². The molecule has 25 heavy (non-hydrogen) atoms. The quantitative estimate of drug-likeness (QED) is 0.485. The Morgan fingerprint density at radius 3 is 2.72 bits per heavy atom. The first-order chi connectivity index (χ1) is 12.0. The molecule has 1 N–H and O–H groups in total. The molecule has 0 aliphatic rings. The highest BCUT2D eigenvalue weighted by atomic mass is 35.5. The molecule has 0 amide bonds. The van der Waals surface area contributed by atoms with Gasteiger partial charge in [-0.25, -0.2) is 4.98 Å². The predicted octanol–water partition coefficient (Wildman–Crippen LogP) is 4.92. The fourth-order valence-electron chi connectivity index (χ4n) is 2.02. The van der Waals surface area contributed by atoms with Crippen LogP contribution in [0.4, 0.5) is 5.69 Å². The average Bonchev–Trinajstić information content (AvgIpc) is 3.05. The first-order valence-electron chi connectivity index (χ1n) is 6.88. The molecule has 128 valence electrons. The lowest BCUT2D eigenvalue weighted by atomic mass is 10.2. The average molecular weight is 400 g/mol. The molecule has 0 fully saturated rings. The lowest BCUT2D eigenvalue weighted by Crippen LogP contribution is -1.98. The molecule has 0 aliphatic carbocycles. The number of nitro groups is 1. The van der Waals surface area contributed by atoms with Gasteiger partial charge in [0.15, 0.2) is 11.6 Å². The minimum absolute atomic E-state index is 0.0449. The number of ether oxygens (including phenoxy) is 1. The van der Waals surface area contributed by atoms with Crippen LogP contribution in [0.2, 0.25) is 15.1 Å². The summed E-state index contributed by atoms with van der Waals surface area (Å²) in [4.78, 5) is 14.6. The van der Waals surface area contributed by atoms with Crippen LogP contribution in [-0.2, 0) is 6.61 Å². The Kier molecular flexibility index (Phi) is 5.08. The van der Waals surface area contributed by atoms with Gasteiger partial charge in [-0.15, -0.1) is 0 Å². The normalized spacial score (nSPS) is 10.7. The number of nitro benzene ring substituents is 1. The largest absolute Gasteiger partial charge is 0.484 e. The van der Waals surface area contributed by atoms with Crippen molar-refractivity contribution in [1.82, 2.24) is 15.2 Å². The summed E-state index contributed by atoms with van der Waals surface area (Å²) in [6.45, 7) is 0.0722. The van der Waals surface area contributed by atoms with Crippen molar-refractivity contribution in [2.24, 2.45) is 0 Å². The summed E-state index contributed by atoms with van der Waals surface area (Å²) in [5, 5.41) is 18.4. The summed E-state index contributed by atoms with van der Waals surface area (Å²) in [5.41, 5.74) is 0.242. The Labute approximate surface area is 156 Å². The van der Waals surface area contributed by atoms with Crippen LogP contribution in [0, 0.1) is 10.1 Å². The number of aromatic nitrogens is 3. The van der Waals surface area contributed by atoms with E-state index in [-0.39, 0.29) is 23.1 Å². The summed E-state index contributed by atoms with van der Waals surface area (Å²) in [6, 6.07) is 9.36. The van der Waals surface area contributed by atoms with E-state index in [4.69, 9.17) is 39.5 Å². The lowest BCUT2D eigenvalue weighted by Gasteiger charge is -2.06. The number of halogens is 3. The Morgan fingerprint density at radius 1 is 1.16 bits per heavy atom. The second kappa shape index (κ2) is 7.26. The van der Waals surface area contributed by atoms with Crippen LogP contribution in [0.3, 0.4) is 0 Å². The fraction of sp³-hybridized carbons (Fsp3) is 0.0667. The van der Waals surface area contributed by atoms with Gasteiger partial charge in [-0.1, -0.05) is 40.9 Å². The van der Waals surface area contributed by atoms with Crippen molar-refractivity contribution in [2.45, 2.75) is 6.61 Å². The second-order valence-electron chi connectivity index (χ2n) is 4.87. The van der Waals surface area contributed by atoms with Crippen LogP contribution in [0.25, 0.3) is 11.4 Å². The van der Waals surface area contributed by atoms with Gasteiger partial charge in [0.25, 0.3) is 5.69 Å². The lowest BCUT2D eigenvalue weighted by molar-refractivity contribution is -0.384. The zero-order valence-corrected chi connectivity index (χ0v) is 14.6. The summed E-state index contributed by atoms with van der Waals surface area (Å²) in [5.74, 6) is 1.12. The molecule has 0 bridgehead atoms. The van der Waals surface area contributed by atoms with Gasteiger partial charge >= 0.3 is 0 Å². The van der Waals surface area contributed by atoms with E-state index in [1.165, 1.54) is 12.1 Å². The van der Waals surface area contributed by atoms with E-state index in [2.05, 4.69) is 15.2 Å². The molecule has 0 atom stereocenters. The molecule has 0 saturated carbocycles. The van der Waals surface area contributed by atoms with Gasteiger partial charge in [0.1, 0.15) is 22.4 Å². The summed E-state index contributed by atoms with van der Waals surface area (Å²) >= 11 is 17.8. The van der Waals surface area contributed by atoms with Crippen LogP contribution in [0.1, 0.15) is 5.82 Å². The molecule has 0 saturated heterocycles. The molecule has 1 aromatic heterocycles. The first kappa shape index (κ1) is 17.5. The number of hydrogen-bond acceptors (Lipinski definition) is 5. The van der Waals surface area contributed by atoms with Crippen molar-refractivity contribution >= 4 is 40.5 Å². The van der Waals surface area contributed by atoms with Gasteiger partial charge in [-0.05, 0) is 24.3 Å². The van der Waals surface area contributed by atoms with Crippen molar-refractivity contribution in [3.8, 4) is 17.1 Å². The van der Waals surface area contributed by atoms with Crippen molar-refractivity contribution in [1.29, 1.82) is 0 Å². The maximum Gasteiger partial charge on any atom is 0.288 e. The number of nitrogens with zero attached hydrogens (tertiary/aromatic N) is 3. The van der Waals surface area contributed by atoms with Gasteiger partial charge < -0.3 is 4.74 Å². The molecule has 3 aromatic rings. The van der Waals surface area contributed by atoms with E-state index in [9.17, 15) is 10.1 Å². The summed E-state index contributed by atoms with van der Waals surface area (Å²) in [7, 11) is 0. The molecule has 10 heteroatoms. The Morgan fingerprint density at radius 2 is 1.96 bits per heavy atom. The Bertz CT molecular complexity index is 946. The number of rotatable bonds is 5. The van der Waals surface area contributed by atoms with E-state index >= 15 is 0 Å². The molecule has 1 heterocycles. The highest BCUT2D eigenvalue weighted by Crippen LogP contribution is 2.32. The predicted molar refractivity (Wildman–Crippen MR) is 94.3 cm³/mol. The molecule has 2 aromatic carbocycles.